The van der Waals surface area contributed by atoms with Crippen LogP contribution in [0.2, 0.25) is 0 Å². The van der Waals surface area contributed by atoms with E-state index in [1.807, 2.05) is 36.1 Å². The Bertz CT molecular complexity index is 992. The number of aryl methyl sites for hydroxylation is 1. The average molecular weight is 419 g/mol. The van der Waals surface area contributed by atoms with Gasteiger partial charge in [0, 0.05) is 38.9 Å². The molecular formula is C20H26N4O4S. The maximum Gasteiger partial charge on any atom is 0.246 e. The van der Waals surface area contributed by atoms with Crippen LogP contribution in [0.3, 0.4) is 0 Å². The molecule has 4 rings (SSSR count). The summed E-state index contributed by atoms with van der Waals surface area (Å²) in [6.45, 7) is 4.51. The van der Waals surface area contributed by atoms with Gasteiger partial charge in [-0.15, -0.1) is 0 Å². The van der Waals surface area contributed by atoms with E-state index >= 15 is 0 Å². The second kappa shape index (κ2) is 7.46. The summed E-state index contributed by atoms with van der Waals surface area (Å²) in [5.41, 5.74) is 0.647. The van der Waals surface area contributed by atoms with Gasteiger partial charge in [0.05, 0.1) is 18.7 Å². The summed E-state index contributed by atoms with van der Waals surface area (Å²) in [6, 6.07) is 7.70. The quantitative estimate of drug-likeness (QED) is 0.667. The number of carbonyl (C=O) groups is 1. The molecule has 0 saturated carbocycles. The highest BCUT2D eigenvalue weighted by atomic mass is 32.2. The molecule has 2 fully saturated rings. The second-order valence-electron chi connectivity index (χ2n) is 7.73. The highest BCUT2D eigenvalue weighted by molar-refractivity contribution is 7.89. The first kappa shape index (κ1) is 19.9. The minimum Gasteiger partial charge on any atom is -0.497 e. The summed E-state index contributed by atoms with van der Waals surface area (Å²) in [5, 5.41) is 4.07. The number of β-lactam (4-membered cyclic amide) rings is 1. The van der Waals surface area contributed by atoms with E-state index in [4.69, 9.17) is 4.74 Å². The SMILES string of the molecule is CCn1cc(S(=O)(=O)N2CCC3(CC2)CN(Cc2ccc(OC)cc2)C3=O)cn1. The maximum atomic E-state index is 12.9. The first-order valence-electron chi connectivity index (χ1n) is 9.83. The highest BCUT2D eigenvalue weighted by Gasteiger charge is 2.53. The van der Waals surface area contributed by atoms with E-state index < -0.39 is 15.4 Å². The maximum absolute atomic E-state index is 12.9. The Kier molecular flexibility index (Phi) is 5.12. The van der Waals surface area contributed by atoms with Crippen LogP contribution in [0.1, 0.15) is 25.3 Å². The van der Waals surface area contributed by atoms with Crippen LogP contribution in [0.15, 0.2) is 41.6 Å². The Morgan fingerprint density at radius 1 is 1.17 bits per heavy atom. The van der Waals surface area contributed by atoms with Gasteiger partial charge in [0.25, 0.3) is 0 Å². The van der Waals surface area contributed by atoms with Gasteiger partial charge in [-0.05, 0) is 37.5 Å². The number of ether oxygens (including phenoxy) is 1. The van der Waals surface area contributed by atoms with Crippen molar-refractivity contribution in [3.63, 3.8) is 0 Å². The molecule has 8 nitrogen and oxygen atoms in total. The molecule has 1 aromatic carbocycles. The van der Waals surface area contributed by atoms with Gasteiger partial charge in [0.1, 0.15) is 10.6 Å². The zero-order valence-corrected chi connectivity index (χ0v) is 17.6. The van der Waals surface area contributed by atoms with Crippen molar-refractivity contribution < 1.29 is 17.9 Å². The molecule has 156 valence electrons. The highest BCUT2D eigenvalue weighted by Crippen LogP contribution is 2.43. The molecule has 3 heterocycles. The van der Waals surface area contributed by atoms with E-state index in [0.29, 0.717) is 45.6 Å². The zero-order valence-electron chi connectivity index (χ0n) is 16.7. The van der Waals surface area contributed by atoms with E-state index in [1.54, 1.807) is 18.0 Å². The normalized spacial score (nSPS) is 19.4. The van der Waals surface area contributed by atoms with Gasteiger partial charge in [0.2, 0.25) is 15.9 Å². The van der Waals surface area contributed by atoms with Crippen LogP contribution in [0, 0.1) is 5.41 Å². The summed E-state index contributed by atoms with van der Waals surface area (Å²) >= 11 is 0. The van der Waals surface area contributed by atoms with E-state index in [9.17, 15) is 13.2 Å². The summed E-state index contributed by atoms with van der Waals surface area (Å²) in [4.78, 5) is 14.9. The first-order chi connectivity index (χ1) is 13.9. The lowest BCUT2D eigenvalue weighted by Gasteiger charge is -2.52. The predicted molar refractivity (Wildman–Crippen MR) is 107 cm³/mol. The van der Waals surface area contributed by atoms with E-state index in [1.165, 1.54) is 10.5 Å². The van der Waals surface area contributed by atoms with Crippen molar-refractivity contribution >= 4 is 15.9 Å². The number of piperidine rings is 1. The molecule has 0 unspecified atom stereocenters. The number of hydrogen-bond donors (Lipinski definition) is 0. The minimum atomic E-state index is -3.56. The van der Waals surface area contributed by atoms with Crippen LogP contribution in [-0.4, -0.2) is 60.1 Å². The van der Waals surface area contributed by atoms with Crippen LogP contribution in [-0.2, 0) is 27.9 Å². The number of amides is 1. The number of likely N-dealkylation sites (tertiary alicyclic amines) is 1. The monoisotopic (exact) mass is 418 g/mol. The summed E-state index contributed by atoms with van der Waals surface area (Å²) in [5.74, 6) is 0.919. The Morgan fingerprint density at radius 2 is 1.86 bits per heavy atom. The molecule has 1 aromatic heterocycles. The fourth-order valence-corrected chi connectivity index (χ4v) is 5.55. The van der Waals surface area contributed by atoms with E-state index in [2.05, 4.69) is 5.10 Å². The topological polar surface area (TPSA) is 84.7 Å². The van der Waals surface area contributed by atoms with Crippen molar-refractivity contribution in [2.45, 2.75) is 37.8 Å². The smallest absolute Gasteiger partial charge is 0.246 e. The number of methoxy groups -OCH3 is 1. The number of rotatable bonds is 6. The largest absolute Gasteiger partial charge is 0.497 e. The molecule has 0 bridgehead atoms. The van der Waals surface area contributed by atoms with Gasteiger partial charge in [-0.2, -0.15) is 9.40 Å². The fraction of sp³-hybridized carbons (Fsp3) is 0.500. The lowest BCUT2D eigenvalue weighted by atomic mass is 9.71. The molecule has 9 heteroatoms. The molecule has 0 radical (unpaired) electrons. The van der Waals surface area contributed by atoms with Gasteiger partial charge in [-0.25, -0.2) is 8.42 Å². The number of carbonyl (C=O) groups excluding carboxylic acids is 1. The van der Waals surface area contributed by atoms with Crippen molar-refractivity contribution in [1.82, 2.24) is 19.0 Å². The van der Waals surface area contributed by atoms with Crippen LogP contribution in [0.25, 0.3) is 0 Å². The van der Waals surface area contributed by atoms with Crippen molar-refractivity contribution in [2.75, 3.05) is 26.7 Å². The van der Waals surface area contributed by atoms with Crippen LogP contribution in [0.5, 0.6) is 5.75 Å². The Hall–Kier alpha value is -2.39. The Labute approximate surface area is 171 Å². The van der Waals surface area contributed by atoms with Crippen molar-refractivity contribution in [1.29, 1.82) is 0 Å². The molecule has 1 spiro atoms. The third-order valence-electron chi connectivity index (χ3n) is 6.02. The predicted octanol–water partition coefficient (Wildman–Crippen LogP) is 1.72. The van der Waals surface area contributed by atoms with Crippen LogP contribution >= 0.6 is 0 Å². The zero-order chi connectivity index (χ0) is 20.6. The first-order valence-corrected chi connectivity index (χ1v) is 11.3. The van der Waals surface area contributed by atoms with E-state index in [-0.39, 0.29) is 10.8 Å². The molecular weight excluding hydrogens is 392 g/mol. The molecule has 1 amide bonds. The Balaban J connectivity index is 1.36. The molecule has 2 aliphatic rings. The molecule has 0 atom stereocenters. The van der Waals surface area contributed by atoms with Gasteiger partial charge in [-0.1, -0.05) is 12.1 Å². The van der Waals surface area contributed by atoms with Gasteiger partial charge in [-0.3, -0.25) is 9.48 Å². The van der Waals surface area contributed by atoms with Crippen molar-refractivity contribution in [3.8, 4) is 5.75 Å². The molecule has 2 saturated heterocycles. The summed E-state index contributed by atoms with van der Waals surface area (Å²) < 4.78 is 33.9. The van der Waals surface area contributed by atoms with Crippen LogP contribution < -0.4 is 4.74 Å². The number of aromatic nitrogens is 2. The molecule has 0 N–H and O–H groups in total. The van der Waals surface area contributed by atoms with Gasteiger partial charge < -0.3 is 9.64 Å². The molecule has 2 aliphatic heterocycles. The van der Waals surface area contributed by atoms with Crippen LogP contribution in [0.4, 0.5) is 0 Å². The molecule has 2 aromatic rings. The fourth-order valence-electron chi connectivity index (χ4n) is 4.15. The minimum absolute atomic E-state index is 0.129. The number of hydrogen-bond acceptors (Lipinski definition) is 5. The molecule has 29 heavy (non-hydrogen) atoms. The summed E-state index contributed by atoms with van der Waals surface area (Å²) in [7, 11) is -1.93. The standard InChI is InChI=1S/C20H26N4O4S/c1-3-23-14-18(12-21-23)29(26,27)24-10-8-20(9-11-24)15-22(19(20)25)13-16-4-6-17(28-2)7-5-16/h4-7,12,14H,3,8-11,13,15H2,1-2H3. The summed E-state index contributed by atoms with van der Waals surface area (Å²) in [6.07, 6.45) is 4.08. The van der Waals surface area contributed by atoms with Gasteiger partial charge in [0.15, 0.2) is 0 Å². The van der Waals surface area contributed by atoms with Crippen molar-refractivity contribution in [3.05, 3.63) is 42.2 Å². The van der Waals surface area contributed by atoms with E-state index in [0.717, 1.165) is 11.3 Å². The van der Waals surface area contributed by atoms with Gasteiger partial charge >= 0.3 is 0 Å². The number of sulfonamides is 1. The third-order valence-corrected chi connectivity index (χ3v) is 7.87. The van der Waals surface area contributed by atoms with Crippen molar-refractivity contribution in [2.24, 2.45) is 5.41 Å². The second-order valence-corrected chi connectivity index (χ2v) is 9.66. The molecule has 0 aliphatic carbocycles. The lowest BCUT2D eigenvalue weighted by Crippen LogP contribution is -2.64. The number of nitrogens with zero attached hydrogens (tertiary/aromatic N) is 4. The number of benzene rings is 1. The third kappa shape index (κ3) is 3.53. The lowest BCUT2D eigenvalue weighted by molar-refractivity contribution is -0.165. The Morgan fingerprint density at radius 3 is 2.41 bits per heavy atom. The average Bonchev–Trinajstić information content (AvgIpc) is 3.24.